The number of nitrogens with two attached hydrogens (primary N) is 1. The van der Waals surface area contributed by atoms with Crippen LogP contribution in [0.2, 0.25) is 0 Å². The fourth-order valence-corrected chi connectivity index (χ4v) is 3.89. The summed E-state index contributed by atoms with van der Waals surface area (Å²) < 4.78 is 22.7. The number of thiazole rings is 1. The van der Waals surface area contributed by atoms with Gasteiger partial charge >= 0.3 is 0 Å². The molecule has 21 heavy (non-hydrogen) atoms. The summed E-state index contributed by atoms with van der Waals surface area (Å²) in [7, 11) is -3.71. The quantitative estimate of drug-likeness (QED) is 0.918. The number of carbonyl (C=O) groups is 1. The first-order valence-electron chi connectivity index (χ1n) is 6.28. The molecule has 1 saturated heterocycles. The molecular formula is C13H13N3O3S2. The number of nitrogens with zero attached hydrogens (tertiary/aromatic N) is 2. The van der Waals surface area contributed by atoms with Crippen molar-refractivity contribution in [1.29, 1.82) is 0 Å². The number of amides is 1. The van der Waals surface area contributed by atoms with Gasteiger partial charge in [0.15, 0.2) is 5.13 Å². The van der Waals surface area contributed by atoms with E-state index >= 15 is 0 Å². The predicted octanol–water partition coefficient (Wildman–Crippen LogP) is 1.20. The third-order valence-corrected chi connectivity index (χ3v) is 5.65. The van der Waals surface area contributed by atoms with Crippen LogP contribution in [-0.4, -0.2) is 31.1 Å². The highest BCUT2D eigenvalue weighted by molar-refractivity contribution is 7.89. The van der Waals surface area contributed by atoms with Gasteiger partial charge in [-0.2, -0.15) is 0 Å². The Morgan fingerprint density at radius 3 is 2.62 bits per heavy atom. The number of sulfonamides is 1. The molecule has 1 unspecified atom stereocenters. The number of rotatable bonds is 3. The molecule has 0 aliphatic carbocycles. The average Bonchev–Trinajstić information content (AvgIpc) is 3.05. The second-order valence-electron chi connectivity index (χ2n) is 4.79. The Bertz CT molecular complexity index is 771. The minimum absolute atomic E-state index is 0.0689. The van der Waals surface area contributed by atoms with Gasteiger partial charge in [-0.15, -0.1) is 0 Å². The van der Waals surface area contributed by atoms with Crippen LogP contribution in [0.25, 0.3) is 10.4 Å². The highest BCUT2D eigenvalue weighted by atomic mass is 32.2. The van der Waals surface area contributed by atoms with Gasteiger partial charge in [0.2, 0.25) is 15.9 Å². The first-order valence-corrected chi connectivity index (χ1v) is 8.71. The van der Waals surface area contributed by atoms with Gasteiger partial charge in [-0.1, -0.05) is 41.7 Å². The Kier molecular flexibility index (Phi) is 3.52. The van der Waals surface area contributed by atoms with Gasteiger partial charge in [0.05, 0.1) is 4.88 Å². The van der Waals surface area contributed by atoms with E-state index in [0.717, 1.165) is 10.4 Å². The maximum absolute atomic E-state index is 12.0. The number of anilines is 1. The summed E-state index contributed by atoms with van der Waals surface area (Å²) in [5.74, 6) is -0.261. The maximum atomic E-state index is 12.0. The molecule has 1 aromatic heterocycles. The molecule has 1 atom stereocenters. The van der Waals surface area contributed by atoms with Crippen molar-refractivity contribution < 1.29 is 13.2 Å². The van der Waals surface area contributed by atoms with Crippen molar-refractivity contribution >= 4 is 32.4 Å². The lowest BCUT2D eigenvalue weighted by Gasteiger charge is -2.11. The van der Waals surface area contributed by atoms with Crippen molar-refractivity contribution in [3.05, 3.63) is 36.5 Å². The van der Waals surface area contributed by atoms with Gasteiger partial charge in [0, 0.05) is 19.2 Å². The molecule has 1 aromatic carbocycles. The molecule has 0 saturated carbocycles. The van der Waals surface area contributed by atoms with Crippen LogP contribution in [0, 0.1) is 0 Å². The summed E-state index contributed by atoms with van der Waals surface area (Å²) in [5.41, 5.74) is 1.01. The standard InChI is InChI=1S/C13H13N3O3S2/c14-21(18,19)10-6-12(17)16(8-10)13-15-7-11(20-13)9-4-2-1-3-5-9/h1-5,7,10H,6,8H2,(H2,14,18,19). The van der Waals surface area contributed by atoms with E-state index in [1.165, 1.54) is 16.2 Å². The second kappa shape index (κ2) is 5.21. The molecule has 1 aliphatic heterocycles. The number of carbonyl (C=O) groups excluding carboxylic acids is 1. The molecule has 1 aliphatic rings. The van der Waals surface area contributed by atoms with Crippen LogP contribution in [0.4, 0.5) is 5.13 Å². The molecule has 0 spiro atoms. The largest absolute Gasteiger partial charge is 0.287 e. The molecule has 1 amide bonds. The average molecular weight is 323 g/mol. The molecule has 3 rings (SSSR count). The van der Waals surface area contributed by atoms with E-state index < -0.39 is 15.3 Å². The second-order valence-corrected chi connectivity index (χ2v) is 7.65. The van der Waals surface area contributed by atoms with E-state index in [9.17, 15) is 13.2 Å². The summed E-state index contributed by atoms with van der Waals surface area (Å²) in [6, 6.07) is 9.68. The molecule has 2 N–H and O–H groups in total. The Hall–Kier alpha value is -1.77. The van der Waals surface area contributed by atoms with Crippen LogP contribution < -0.4 is 10.0 Å². The number of aromatic nitrogens is 1. The monoisotopic (exact) mass is 323 g/mol. The van der Waals surface area contributed by atoms with E-state index in [-0.39, 0.29) is 18.9 Å². The van der Waals surface area contributed by atoms with Crippen molar-refractivity contribution in [2.75, 3.05) is 11.4 Å². The summed E-state index contributed by atoms with van der Waals surface area (Å²) in [5, 5.41) is 4.77. The fraction of sp³-hybridized carbons (Fsp3) is 0.231. The Morgan fingerprint density at radius 1 is 1.29 bits per heavy atom. The molecule has 0 radical (unpaired) electrons. The Morgan fingerprint density at radius 2 is 2.00 bits per heavy atom. The fourth-order valence-electron chi connectivity index (χ4n) is 2.21. The molecule has 2 heterocycles. The van der Waals surface area contributed by atoms with Crippen LogP contribution in [0.3, 0.4) is 0 Å². The zero-order valence-corrected chi connectivity index (χ0v) is 12.6. The minimum atomic E-state index is -3.71. The smallest absolute Gasteiger partial charge is 0.230 e. The van der Waals surface area contributed by atoms with Gasteiger partial charge in [-0.3, -0.25) is 9.69 Å². The van der Waals surface area contributed by atoms with Crippen molar-refractivity contribution in [2.45, 2.75) is 11.7 Å². The Labute approximate surface area is 126 Å². The predicted molar refractivity (Wildman–Crippen MR) is 81.4 cm³/mol. The van der Waals surface area contributed by atoms with Crippen molar-refractivity contribution in [1.82, 2.24) is 4.98 Å². The third-order valence-electron chi connectivity index (χ3n) is 3.34. The zero-order chi connectivity index (χ0) is 15.0. The van der Waals surface area contributed by atoms with E-state index in [2.05, 4.69) is 4.98 Å². The highest BCUT2D eigenvalue weighted by Gasteiger charge is 2.38. The minimum Gasteiger partial charge on any atom is -0.287 e. The number of primary sulfonamides is 1. The van der Waals surface area contributed by atoms with E-state index in [1.54, 1.807) is 6.20 Å². The SMILES string of the molecule is NS(=O)(=O)C1CC(=O)N(c2ncc(-c3ccccc3)s2)C1. The summed E-state index contributed by atoms with van der Waals surface area (Å²) >= 11 is 1.36. The normalized spacial score (nSPS) is 19.2. The lowest BCUT2D eigenvalue weighted by atomic mass is 10.2. The van der Waals surface area contributed by atoms with Gasteiger partial charge in [0.25, 0.3) is 0 Å². The van der Waals surface area contributed by atoms with Crippen LogP contribution in [0.15, 0.2) is 36.5 Å². The summed E-state index contributed by atoms with van der Waals surface area (Å²) in [6.45, 7) is 0.0689. The van der Waals surface area contributed by atoms with Crippen LogP contribution in [-0.2, 0) is 14.8 Å². The van der Waals surface area contributed by atoms with Crippen molar-refractivity contribution in [3.63, 3.8) is 0 Å². The van der Waals surface area contributed by atoms with Gasteiger partial charge < -0.3 is 0 Å². The highest BCUT2D eigenvalue weighted by Crippen LogP contribution is 2.33. The first-order chi connectivity index (χ1) is 9.95. The molecule has 2 aromatic rings. The number of benzene rings is 1. The lowest BCUT2D eigenvalue weighted by molar-refractivity contribution is -0.117. The zero-order valence-electron chi connectivity index (χ0n) is 11.0. The third kappa shape index (κ3) is 2.82. The Balaban J connectivity index is 1.86. The number of hydrogen-bond donors (Lipinski definition) is 1. The van der Waals surface area contributed by atoms with Crippen LogP contribution in [0.5, 0.6) is 0 Å². The molecular weight excluding hydrogens is 310 g/mol. The van der Waals surface area contributed by atoms with Gasteiger partial charge in [0.1, 0.15) is 5.25 Å². The molecule has 6 nitrogen and oxygen atoms in total. The molecule has 110 valence electrons. The maximum Gasteiger partial charge on any atom is 0.230 e. The van der Waals surface area contributed by atoms with Crippen LogP contribution in [0.1, 0.15) is 6.42 Å². The van der Waals surface area contributed by atoms with Crippen molar-refractivity contribution in [2.24, 2.45) is 5.14 Å². The topological polar surface area (TPSA) is 93.4 Å². The first kappa shape index (κ1) is 14.2. The van der Waals surface area contributed by atoms with E-state index in [1.807, 2.05) is 30.3 Å². The molecule has 0 bridgehead atoms. The molecule has 8 heteroatoms. The van der Waals surface area contributed by atoms with E-state index in [0.29, 0.717) is 5.13 Å². The van der Waals surface area contributed by atoms with Gasteiger partial charge in [-0.25, -0.2) is 18.5 Å². The van der Waals surface area contributed by atoms with Crippen molar-refractivity contribution in [3.8, 4) is 10.4 Å². The lowest BCUT2D eigenvalue weighted by Crippen LogP contribution is -2.32. The van der Waals surface area contributed by atoms with Gasteiger partial charge in [-0.05, 0) is 5.56 Å². The van der Waals surface area contributed by atoms with Crippen LogP contribution >= 0.6 is 11.3 Å². The van der Waals surface area contributed by atoms with E-state index in [4.69, 9.17) is 5.14 Å². The summed E-state index contributed by atoms with van der Waals surface area (Å²) in [6.07, 6.45) is 1.60. The molecule has 1 fully saturated rings. The number of hydrogen-bond acceptors (Lipinski definition) is 5. The summed E-state index contributed by atoms with van der Waals surface area (Å²) in [4.78, 5) is 18.5.